The summed E-state index contributed by atoms with van der Waals surface area (Å²) >= 11 is 1.38. The van der Waals surface area contributed by atoms with Crippen molar-refractivity contribution in [2.75, 3.05) is 13.2 Å². The molecule has 16 heavy (non-hydrogen) atoms. The van der Waals surface area contributed by atoms with Gasteiger partial charge in [0.1, 0.15) is 5.54 Å². The summed E-state index contributed by atoms with van der Waals surface area (Å²) in [4.78, 5) is 12.5. The Bertz CT molecular complexity index is 402. The molecule has 1 fully saturated rings. The molecule has 0 radical (unpaired) electrons. The van der Waals surface area contributed by atoms with Gasteiger partial charge in [-0.05, 0) is 11.4 Å². The number of nitriles is 1. The zero-order valence-corrected chi connectivity index (χ0v) is 9.55. The van der Waals surface area contributed by atoms with Gasteiger partial charge in [-0.1, -0.05) is 6.07 Å². The Morgan fingerprint density at radius 2 is 2.31 bits per heavy atom. The zero-order valence-electron chi connectivity index (χ0n) is 8.73. The minimum atomic E-state index is -0.751. The number of nitrogens with zero attached hydrogens (tertiary/aromatic N) is 1. The summed E-state index contributed by atoms with van der Waals surface area (Å²) in [5.74, 6) is -0.168. The zero-order chi connectivity index (χ0) is 11.4. The largest absolute Gasteiger partial charge is 0.381 e. The summed E-state index contributed by atoms with van der Waals surface area (Å²) in [5, 5.41) is 13.8. The van der Waals surface area contributed by atoms with Crippen LogP contribution in [0.15, 0.2) is 17.5 Å². The fourth-order valence-electron chi connectivity index (χ4n) is 1.67. The SMILES string of the molecule is N#CC1(NC(=O)c2cccs2)CCOCC1. The summed E-state index contributed by atoms with van der Waals surface area (Å²) in [7, 11) is 0. The van der Waals surface area contributed by atoms with E-state index in [2.05, 4.69) is 11.4 Å². The van der Waals surface area contributed by atoms with E-state index in [1.54, 1.807) is 6.07 Å². The molecule has 0 aliphatic carbocycles. The molecule has 1 aromatic heterocycles. The van der Waals surface area contributed by atoms with Crippen LogP contribution in [0.1, 0.15) is 22.5 Å². The lowest BCUT2D eigenvalue weighted by molar-refractivity contribution is 0.0533. The predicted octanol–water partition coefficient (Wildman–Crippen LogP) is 1.55. The summed E-state index contributed by atoms with van der Waals surface area (Å²) < 4.78 is 5.20. The quantitative estimate of drug-likeness (QED) is 0.847. The Hall–Kier alpha value is -1.38. The van der Waals surface area contributed by atoms with E-state index in [9.17, 15) is 10.1 Å². The van der Waals surface area contributed by atoms with Crippen molar-refractivity contribution in [1.82, 2.24) is 5.32 Å². The third-order valence-corrected chi connectivity index (χ3v) is 3.53. The summed E-state index contributed by atoms with van der Waals surface area (Å²) in [6.07, 6.45) is 1.11. The predicted molar refractivity (Wildman–Crippen MR) is 60.2 cm³/mol. The molecular weight excluding hydrogens is 224 g/mol. The van der Waals surface area contributed by atoms with E-state index in [0.717, 1.165) is 0 Å². The molecule has 0 aromatic carbocycles. The molecule has 1 saturated heterocycles. The molecule has 1 aliphatic heterocycles. The molecule has 0 saturated carbocycles. The maximum atomic E-state index is 11.8. The lowest BCUT2D eigenvalue weighted by Gasteiger charge is -2.31. The first-order valence-electron chi connectivity index (χ1n) is 5.11. The average molecular weight is 236 g/mol. The second-order valence-electron chi connectivity index (χ2n) is 3.74. The minimum absolute atomic E-state index is 0.168. The van der Waals surface area contributed by atoms with E-state index in [4.69, 9.17) is 4.74 Å². The van der Waals surface area contributed by atoms with Gasteiger partial charge in [0.05, 0.1) is 10.9 Å². The van der Waals surface area contributed by atoms with Gasteiger partial charge in [-0.3, -0.25) is 4.79 Å². The van der Waals surface area contributed by atoms with Crippen molar-refractivity contribution in [2.45, 2.75) is 18.4 Å². The highest BCUT2D eigenvalue weighted by molar-refractivity contribution is 7.12. The first-order valence-corrected chi connectivity index (χ1v) is 5.99. The van der Waals surface area contributed by atoms with Crippen molar-refractivity contribution >= 4 is 17.2 Å². The van der Waals surface area contributed by atoms with Gasteiger partial charge in [-0.25, -0.2) is 0 Å². The Morgan fingerprint density at radius 3 is 2.88 bits per heavy atom. The number of ether oxygens (including phenoxy) is 1. The first kappa shape index (κ1) is 11.1. The van der Waals surface area contributed by atoms with Crippen LogP contribution < -0.4 is 5.32 Å². The molecule has 5 heteroatoms. The van der Waals surface area contributed by atoms with Gasteiger partial charge in [0.2, 0.25) is 0 Å². The van der Waals surface area contributed by atoms with Crippen molar-refractivity contribution < 1.29 is 9.53 Å². The van der Waals surface area contributed by atoms with Gasteiger partial charge in [0, 0.05) is 26.1 Å². The molecule has 2 rings (SSSR count). The standard InChI is InChI=1S/C11H12N2O2S/c12-8-11(3-5-15-6-4-11)13-10(14)9-2-1-7-16-9/h1-2,7H,3-6H2,(H,13,14). The molecule has 0 unspecified atom stereocenters. The Morgan fingerprint density at radius 1 is 1.56 bits per heavy atom. The van der Waals surface area contributed by atoms with E-state index in [1.807, 2.05) is 11.4 Å². The fraction of sp³-hybridized carbons (Fsp3) is 0.455. The van der Waals surface area contributed by atoms with Crippen LogP contribution in [0.4, 0.5) is 0 Å². The maximum absolute atomic E-state index is 11.8. The van der Waals surface area contributed by atoms with Gasteiger partial charge < -0.3 is 10.1 Å². The van der Waals surface area contributed by atoms with Crippen LogP contribution in [-0.4, -0.2) is 24.7 Å². The number of carbonyl (C=O) groups excluding carboxylic acids is 1. The van der Waals surface area contributed by atoms with E-state index in [-0.39, 0.29) is 5.91 Å². The highest BCUT2D eigenvalue weighted by Crippen LogP contribution is 2.21. The van der Waals surface area contributed by atoms with Crippen LogP contribution in [-0.2, 0) is 4.74 Å². The molecule has 0 atom stereocenters. The minimum Gasteiger partial charge on any atom is -0.381 e. The van der Waals surface area contributed by atoms with E-state index in [1.165, 1.54) is 11.3 Å². The number of nitrogens with one attached hydrogen (secondary N) is 1. The van der Waals surface area contributed by atoms with E-state index >= 15 is 0 Å². The molecule has 1 aliphatic rings. The normalized spacial score (nSPS) is 18.7. The van der Waals surface area contributed by atoms with Crippen LogP contribution >= 0.6 is 11.3 Å². The van der Waals surface area contributed by atoms with E-state index < -0.39 is 5.54 Å². The smallest absolute Gasteiger partial charge is 0.262 e. The second kappa shape index (κ2) is 4.64. The summed E-state index contributed by atoms with van der Waals surface area (Å²) in [6.45, 7) is 1.05. The Labute approximate surface area is 97.8 Å². The number of amides is 1. The summed E-state index contributed by atoms with van der Waals surface area (Å²) in [6, 6.07) is 5.78. The maximum Gasteiger partial charge on any atom is 0.262 e. The topological polar surface area (TPSA) is 62.1 Å². The van der Waals surface area contributed by atoms with Crippen LogP contribution in [0.5, 0.6) is 0 Å². The number of thiophene rings is 1. The molecule has 84 valence electrons. The lowest BCUT2D eigenvalue weighted by Crippen LogP contribution is -2.50. The number of rotatable bonds is 2. The number of hydrogen-bond acceptors (Lipinski definition) is 4. The van der Waals surface area contributed by atoms with Crippen LogP contribution in [0.25, 0.3) is 0 Å². The molecule has 1 N–H and O–H groups in total. The number of hydrogen-bond donors (Lipinski definition) is 1. The average Bonchev–Trinajstić information content (AvgIpc) is 2.84. The van der Waals surface area contributed by atoms with Crippen molar-refractivity contribution in [3.63, 3.8) is 0 Å². The second-order valence-corrected chi connectivity index (χ2v) is 4.69. The summed E-state index contributed by atoms with van der Waals surface area (Å²) in [5.41, 5.74) is -0.751. The van der Waals surface area contributed by atoms with Gasteiger partial charge in [-0.2, -0.15) is 5.26 Å². The van der Waals surface area contributed by atoms with Crippen LogP contribution in [0.3, 0.4) is 0 Å². The molecule has 1 aromatic rings. The number of carbonyl (C=O) groups is 1. The fourth-order valence-corrected chi connectivity index (χ4v) is 2.29. The third-order valence-electron chi connectivity index (χ3n) is 2.66. The van der Waals surface area contributed by atoms with Gasteiger partial charge in [0.25, 0.3) is 5.91 Å². The molecule has 0 spiro atoms. The lowest BCUT2D eigenvalue weighted by atomic mass is 9.92. The van der Waals surface area contributed by atoms with Gasteiger partial charge >= 0.3 is 0 Å². The van der Waals surface area contributed by atoms with Crippen molar-refractivity contribution in [3.05, 3.63) is 22.4 Å². The van der Waals surface area contributed by atoms with E-state index in [0.29, 0.717) is 30.9 Å². The monoisotopic (exact) mass is 236 g/mol. The van der Waals surface area contributed by atoms with Crippen LogP contribution in [0, 0.1) is 11.3 Å². The van der Waals surface area contributed by atoms with Gasteiger partial charge in [0.15, 0.2) is 0 Å². The molecule has 1 amide bonds. The van der Waals surface area contributed by atoms with Gasteiger partial charge in [-0.15, -0.1) is 11.3 Å². The van der Waals surface area contributed by atoms with Crippen molar-refractivity contribution in [3.8, 4) is 6.07 Å². The van der Waals surface area contributed by atoms with Crippen molar-refractivity contribution in [1.29, 1.82) is 5.26 Å². The molecule has 0 bridgehead atoms. The Kier molecular flexibility index (Phi) is 3.22. The third kappa shape index (κ3) is 2.23. The highest BCUT2D eigenvalue weighted by Gasteiger charge is 2.34. The molecule has 4 nitrogen and oxygen atoms in total. The van der Waals surface area contributed by atoms with Crippen LogP contribution in [0.2, 0.25) is 0 Å². The molecular formula is C11H12N2O2S. The van der Waals surface area contributed by atoms with Crippen molar-refractivity contribution in [2.24, 2.45) is 0 Å². The first-order chi connectivity index (χ1) is 7.76. The highest BCUT2D eigenvalue weighted by atomic mass is 32.1. The molecule has 2 heterocycles. The Balaban J connectivity index is 2.07.